The summed E-state index contributed by atoms with van der Waals surface area (Å²) in [5.74, 6) is 1.90. The lowest BCUT2D eigenvalue weighted by molar-refractivity contribution is 0.372. The first-order valence-corrected chi connectivity index (χ1v) is 7.71. The number of ether oxygens (including phenoxy) is 2. The largest absolute Gasteiger partial charge is 0.493 e. The summed E-state index contributed by atoms with van der Waals surface area (Å²) in [6.45, 7) is 1.41. The van der Waals surface area contributed by atoms with Crippen molar-refractivity contribution in [1.82, 2.24) is 15.3 Å². The fraction of sp³-hybridized carbons (Fsp3) is 0.158. The Bertz CT molecular complexity index is 778. The van der Waals surface area contributed by atoms with Crippen LogP contribution in [0.3, 0.4) is 0 Å². The summed E-state index contributed by atoms with van der Waals surface area (Å²) in [5.41, 5.74) is 2.17. The molecule has 3 aromatic rings. The van der Waals surface area contributed by atoms with Gasteiger partial charge in [-0.1, -0.05) is 18.2 Å². The number of rotatable bonds is 7. The van der Waals surface area contributed by atoms with Crippen LogP contribution in [0.4, 0.5) is 0 Å². The van der Waals surface area contributed by atoms with E-state index in [0.29, 0.717) is 23.9 Å². The van der Waals surface area contributed by atoms with Crippen LogP contribution in [-0.4, -0.2) is 17.1 Å². The van der Waals surface area contributed by atoms with Crippen LogP contribution in [0.5, 0.6) is 17.4 Å². The number of hydrogen-bond acceptors (Lipinski definition) is 5. The maximum Gasteiger partial charge on any atom is 0.223 e. The Kier molecular flexibility index (Phi) is 5.37. The third-order valence-electron chi connectivity index (χ3n) is 3.52. The molecule has 122 valence electrons. The summed E-state index contributed by atoms with van der Waals surface area (Å²) in [5, 5.41) is 3.39. The van der Waals surface area contributed by atoms with Crippen LogP contribution < -0.4 is 14.8 Å². The van der Waals surface area contributed by atoms with Crippen molar-refractivity contribution in [3.63, 3.8) is 0 Å². The van der Waals surface area contributed by atoms with Crippen LogP contribution in [0.25, 0.3) is 0 Å². The van der Waals surface area contributed by atoms with Gasteiger partial charge in [0.25, 0.3) is 0 Å². The molecule has 5 nitrogen and oxygen atoms in total. The molecule has 0 radical (unpaired) electrons. The number of pyridine rings is 2. The maximum atomic E-state index is 5.95. The van der Waals surface area contributed by atoms with Crippen molar-refractivity contribution in [3.05, 3.63) is 78.2 Å². The lowest BCUT2D eigenvalue weighted by atomic mass is 10.2. The van der Waals surface area contributed by atoms with E-state index in [-0.39, 0.29) is 0 Å². The van der Waals surface area contributed by atoms with Crippen molar-refractivity contribution in [2.75, 3.05) is 7.11 Å². The number of para-hydroxylation sites is 2. The third kappa shape index (κ3) is 4.08. The number of nitrogens with one attached hydrogen (secondary N) is 1. The van der Waals surface area contributed by atoms with E-state index in [1.54, 1.807) is 25.7 Å². The van der Waals surface area contributed by atoms with Crippen LogP contribution in [0.15, 0.2) is 67.1 Å². The summed E-state index contributed by atoms with van der Waals surface area (Å²) in [6, 6.07) is 15.4. The highest BCUT2D eigenvalue weighted by Gasteiger charge is 2.09. The summed E-state index contributed by atoms with van der Waals surface area (Å²) >= 11 is 0. The van der Waals surface area contributed by atoms with Crippen LogP contribution in [0.1, 0.15) is 11.1 Å². The normalized spacial score (nSPS) is 10.4. The molecule has 0 aliphatic rings. The number of benzene rings is 1. The molecular formula is C19H19N3O2. The van der Waals surface area contributed by atoms with E-state index in [0.717, 1.165) is 12.1 Å². The van der Waals surface area contributed by atoms with Crippen molar-refractivity contribution in [3.8, 4) is 17.4 Å². The van der Waals surface area contributed by atoms with Crippen molar-refractivity contribution in [1.29, 1.82) is 0 Å². The molecule has 3 rings (SSSR count). The van der Waals surface area contributed by atoms with Gasteiger partial charge in [-0.2, -0.15) is 0 Å². The molecule has 0 unspecified atom stereocenters. The van der Waals surface area contributed by atoms with E-state index in [2.05, 4.69) is 15.3 Å². The molecular weight excluding hydrogens is 302 g/mol. The Labute approximate surface area is 141 Å². The predicted octanol–water partition coefficient (Wildman–Crippen LogP) is 3.57. The van der Waals surface area contributed by atoms with Crippen LogP contribution >= 0.6 is 0 Å². The first-order chi connectivity index (χ1) is 11.9. The molecule has 0 bridgehead atoms. The minimum Gasteiger partial charge on any atom is -0.493 e. The van der Waals surface area contributed by atoms with Gasteiger partial charge >= 0.3 is 0 Å². The zero-order chi connectivity index (χ0) is 16.6. The van der Waals surface area contributed by atoms with Gasteiger partial charge in [-0.25, -0.2) is 4.98 Å². The zero-order valence-corrected chi connectivity index (χ0v) is 13.5. The molecule has 2 aromatic heterocycles. The Hall–Kier alpha value is -2.92. The van der Waals surface area contributed by atoms with E-state index in [4.69, 9.17) is 9.47 Å². The highest BCUT2D eigenvalue weighted by molar-refractivity contribution is 5.42. The summed E-state index contributed by atoms with van der Waals surface area (Å²) in [6.07, 6.45) is 5.30. The second-order valence-corrected chi connectivity index (χ2v) is 5.18. The highest BCUT2D eigenvalue weighted by atomic mass is 16.5. The second-order valence-electron chi connectivity index (χ2n) is 5.18. The molecule has 0 fully saturated rings. The van der Waals surface area contributed by atoms with Gasteiger partial charge in [0.2, 0.25) is 5.88 Å². The van der Waals surface area contributed by atoms with Crippen molar-refractivity contribution in [2.45, 2.75) is 13.1 Å². The molecule has 1 N–H and O–H groups in total. The Morgan fingerprint density at radius 1 is 0.875 bits per heavy atom. The predicted molar refractivity (Wildman–Crippen MR) is 92.1 cm³/mol. The molecule has 0 amide bonds. The second kappa shape index (κ2) is 8.08. The van der Waals surface area contributed by atoms with Gasteiger partial charge in [0.15, 0.2) is 11.5 Å². The molecule has 0 spiro atoms. The highest BCUT2D eigenvalue weighted by Crippen LogP contribution is 2.31. The quantitative estimate of drug-likeness (QED) is 0.721. The molecule has 1 aromatic carbocycles. The molecule has 24 heavy (non-hydrogen) atoms. The van der Waals surface area contributed by atoms with Crippen LogP contribution in [0.2, 0.25) is 0 Å². The smallest absolute Gasteiger partial charge is 0.223 e. The fourth-order valence-corrected chi connectivity index (χ4v) is 2.30. The van der Waals surface area contributed by atoms with Gasteiger partial charge in [-0.05, 0) is 35.9 Å². The van der Waals surface area contributed by atoms with E-state index in [9.17, 15) is 0 Å². The van der Waals surface area contributed by atoms with Crippen LogP contribution in [-0.2, 0) is 13.1 Å². The van der Waals surface area contributed by atoms with E-state index < -0.39 is 0 Å². The van der Waals surface area contributed by atoms with Crippen molar-refractivity contribution < 1.29 is 9.47 Å². The first-order valence-electron chi connectivity index (χ1n) is 7.71. The first kappa shape index (κ1) is 16.0. The van der Waals surface area contributed by atoms with Gasteiger partial charge in [0.1, 0.15) is 0 Å². The monoisotopic (exact) mass is 321 g/mol. The molecule has 0 saturated carbocycles. The lowest BCUT2D eigenvalue weighted by Crippen LogP contribution is -2.13. The van der Waals surface area contributed by atoms with E-state index >= 15 is 0 Å². The van der Waals surface area contributed by atoms with Gasteiger partial charge in [0, 0.05) is 37.2 Å². The molecule has 0 aliphatic heterocycles. The van der Waals surface area contributed by atoms with Gasteiger partial charge in [-0.3, -0.25) is 4.98 Å². The minimum absolute atomic E-state index is 0.573. The zero-order valence-electron chi connectivity index (χ0n) is 13.5. The Morgan fingerprint density at radius 3 is 2.46 bits per heavy atom. The summed E-state index contributed by atoms with van der Waals surface area (Å²) in [7, 11) is 1.62. The van der Waals surface area contributed by atoms with E-state index in [1.807, 2.05) is 48.5 Å². The molecule has 5 heteroatoms. The minimum atomic E-state index is 0.573. The number of methoxy groups -OCH3 is 1. The number of aromatic nitrogens is 2. The average molecular weight is 321 g/mol. The van der Waals surface area contributed by atoms with Gasteiger partial charge in [-0.15, -0.1) is 0 Å². The van der Waals surface area contributed by atoms with Crippen molar-refractivity contribution in [2.24, 2.45) is 0 Å². The SMILES string of the molecule is COc1ccccc1Oc1ncccc1CNCc1ccncc1. The lowest BCUT2D eigenvalue weighted by Gasteiger charge is -2.13. The standard InChI is InChI=1S/C19H19N3O2/c1-23-17-6-2-3-7-18(17)24-19-16(5-4-10-22-19)14-21-13-15-8-11-20-12-9-15/h2-12,21H,13-14H2,1H3. The third-order valence-corrected chi connectivity index (χ3v) is 3.52. The fourth-order valence-electron chi connectivity index (χ4n) is 2.30. The molecule has 0 aliphatic carbocycles. The summed E-state index contributed by atoms with van der Waals surface area (Å²) in [4.78, 5) is 8.37. The molecule has 2 heterocycles. The Balaban J connectivity index is 1.69. The summed E-state index contributed by atoms with van der Waals surface area (Å²) < 4.78 is 11.3. The molecule has 0 saturated heterocycles. The average Bonchev–Trinajstić information content (AvgIpc) is 2.64. The number of nitrogens with zero attached hydrogens (tertiary/aromatic N) is 2. The van der Waals surface area contributed by atoms with E-state index in [1.165, 1.54) is 5.56 Å². The topological polar surface area (TPSA) is 56.3 Å². The van der Waals surface area contributed by atoms with Gasteiger partial charge in [0.05, 0.1) is 7.11 Å². The number of hydrogen-bond donors (Lipinski definition) is 1. The maximum absolute atomic E-state index is 5.95. The van der Waals surface area contributed by atoms with Crippen molar-refractivity contribution >= 4 is 0 Å². The Morgan fingerprint density at radius 2 is 1.67 bits per heavy atom. The van der Waals surface area contributed by atoms with Gasteiger partial charge < -0.3 is 14.8 Å². The molecule has 0 atom stereocenters. The van der Waals surface area contributed by atoms with Crippen LogP contribution in [0, 0.1) is 0 Å².